The highest BCUT2D eigenvalue weighted by Gasteiger charge is 2.38. The van der Waals surface area contributed by atoms with Crippen LogP contribution in [0.1, 0.15) is 13.8 Å². The van der Waals surface area contributed by atoms with Crippen LogP contribution in [0.5, 0.6) is 0 Å². The van der Waals surface area contributed by atoms with Crippen molar-refractivity contribution in [3.63, 3.8) is 0 Å². The number of imidazole rings is 1. The first-order valence-corrected chi connectivity index (χ1v) is 9.14. The van der Waals surface area contributed by atoms with Gasteiger partial charge < -0.3 is 19.4 Å². The number of hydrogen-bond donors (Lipinski definition) is 1. The third-order valence-electron chi connectivity index (χ3n) is 3.96. The van der Waals surface area contributed by atoms with Crippen LogP contribution in [0.4, 0.5) is 5.69 Å². The van der Waals surface area contributed by atoms with E-state index in [1.54, 1.807) is 11.8 Å². The third kappa shape index (κ3) is 3.20. The number of aromatic nitrogens is 2. The van der Waals surface area contributed by atoms with E-state index in [1.807, 2.05) is 30.5 Å². The summed E-state index contributed by atoms with van der Waals surface area (Å²) in [5, 5.41) is 3.98. The Balaban J connectivity index is 1.54. The topological polar surface area (TPSA) is 82.5 Å². The highest BCUT2D eigenvalue weighted by atomic mass is 32.2. The molecule has 0 amide bonds. The van der Waals surface area contributed by atoms with Crippen LogP contribution in [0, 0.1) is 0 Å². The molecule has 2 aliphatic rings. The lowest BCUT2D eigenvalue weighted by atomic mass is 10.1. The van der Waals surface area contributed by atoms with Crippen molar-refractivity contribution in [3.05, 3.63) is 42.2 Å². The van der Waals surface area contributed by atoms with Gasteiger partial charge in [0, 0.05) is 49.8 Å². The Morgan fingerprint density at radius 1 is 1.27 bits per heavy atom. The second kappa shape index (κ2) is 6.21. The molecule has 1 fully saturated rings. The van der Waals surface area contributed by atoms with Crippen LogP contribution in [0.15, 0.2) is 47.4 Å². The minimum Gasteiger partial charge on any atom is -0.419 e. The zero-order valence-corrected chi connectivity index (χ0v) is 15.1. The number of nitrogens with one attached hydrogen (secondary N) is 1. The first-order chi connectivity index (χ1) is 12.4. The van der Waals surface area contributed by atoms with Crippen LogP contribution in [0.2, 0.25) is 0 Å². The number of cyclic esters (lactones) is 2. The Bertz CT molecular complexity index is 889. The number of aryl methyl sites for hydroxylation is 1. The lowest BCUT2D eigenvalue weighted by Crippen LogP contribution is -2.42. The Morgan fingerprint density at radius 2 is 2.04 bits per heavy atom. The Hall–Kier alpha value is -2.74. The molecule has 0 radical (unpaired) electrons. The van der Waals surface area contributed by atoms with Crippen LogP contribution in [-0.2, 0) is 25.6 Å². The molecule has 0 unspecified atom stereocenters. The van der Waals surface area contributed by atoms with Crippen molar-refractivity contribution in [2.45, 2.75) is 31.3 Å². The van der Waals surface area contributed by atoms with Crippen molar-refractivity contribution in [2.24, 2.45) is 0 Å². The predicted molar refractivity (Wildman–Crippen MR) is 96.4 cm³/mol. The van der Waals surface area contributed by atoms with Crippen molar-refractivity contribution in [2.75, 3.05) is 11.1 Å². The summed E-state index contributed by atoms with van der Waals surface area (Å²) in [4.78, 5) is 28.6. The molecule has 8 heteroatoms. The van der Waals surface area contributed by atoms with Gasteiger partial charge in [0.15, 0.2) is 10.7 Å². The molecule has 1 aromatic heterocycles. The van der Waals surface area contributed by atoms with Crippen molar-refractivity contribution in [1.29, 1.82) is 0 Å². The molecule has 0 aliphatic carbocycles. The first-order valence-electron chi connectivity index (χ1n) is 8.15. The third-order valence-corrected chi connectivity index (χ3v) is 4.93. The van der Waals surface area contributed by atoms with Gasteiger partial charge in [-0.05, 0) is 12.1 Å². The van der Waals surface area contributed by atoms with Gasteiger partial charge in [0.1, 0.15) is 0 Å². The number of carbonyl (C=O) groups excluding carboxylic acids is 2. The molecule has 1 N–H and O–H groups in total. The van der Waals surface area contributed by atoms with Gasteiger partial charge in [0.05, 0.1) is 5.69 Å². The summed E-state index contributed by atoms with van der Waals surface area (Å²) >= 11 is 1.74. The van der Waals surface area contributed by atoms with Gasteiger partial charge in [0.2, 0.25) is 0 Å². The average Bonchev–Trinajstić information content (AvgIpc) is 3.15. The van der Waals surface area contributed by atoms with Crippen LogP contribution in [0.25, 0.3) is 11.3 Å². The summed E-state index contributed by atoms with van der Waals surface area (Å²) in [7, 11) is 0. The summed E-state index contributed by atoms with van der Waals surface area (Å²) in [6, 6.07) is 7.59. The molecule has 0 saturated carbocycles. The van der Waals surface area contributed by atoms with E-state index >= 15 is 0 Å². The standard InChI is InChI=1S/C18H17N3O4S/c1-18(2)24-15(22)13(16(23)25-18)9-19-12-5-3-4-11(8-12)14-10-21-6-7-26-17(21)20-14/h3-5,8-10,19H,6-7H2,1-2H3. The summed E-state index contributed by atoms with van der Waals surface area (Å²) in [5.41, 5.74) is 2.39. The molecule has 134 valence electrons. The molecule has 1 aromatic carbocycles. The molecular formula is C18H17N3O4S. The number of anilines is 1. The van der Waals surface area contributed by atoms with Crippen molar-refractivity contribution >= 4 is 29.4 Å². The van der Waals surface area contributed by atoms with E-state index in [0.717, 1.165) is 34.4 Å². The van der Waals surface area contributed by atoms with E-state index < -0.39 is 17.7 Å². The van der Waals surface area contributed by atoms with E-state index in [-0.39, 0.29) is 5.57 Å². The van der Waals surface area contributed by atoms with E-state index in [1.165, 1.54) is 20.0 Å². The van der Waals surface area contributed by atoms with Crippen LogP contribution >= 0.6 is 11.8 Å². The molecule has 7 nitrogen and oxygen atoms in total. The fourth-order valence-corrected chi connectivity index (χ4v) is 3.69. The van der Waals surface area contributed by atoms with E-state index in [9.17, 15) is 9.59 Å². The number of fused-ring (bicyclic) bond motifs is 1. The number of nitrogens with zero attached hydrogens (tertiary/aromatic N) is 2. The number of ether oxygens (including phenoxy) is 2. The smallest absolute Gasteiger partial charge is 0.350 e. The molecule has 4 rings (SSSR count). The highest BCUT2D eigenvalue weighted by molar-refractivity contribution is 7.99. The Morgan fingerprint density at radius 3 is 2.77 bits per heavy atom. The Labute approximate surface area is 154 Å². The summed E-state index contributed by atoms with van der Waals surface area (Å²) in [5.74, 6) is -1.61. The fourth-order valence-electron chi connectivity index (χ4n) is 2.75. The zero-order chi connectivity index (χ0) is 18.3. The highest BCUT2D eigenvalue weighted by Crippen LogP contribution is 2.30. The molecule has 0 spiro atoms. The number of hydrogen-bond acceptors (Lipinski definition) is 7. The molecule has 2 aliphatic heterocycles. The van der Waals surface area contributed by atoms with Gasteiger partial charge in [-0.1, -0.05) is 23.9 Å². The molecule has 3 heterocycles. The van der Waals surface area contributed by atoms with Gasteiger partial charge in [-0.15, -0.1) is 0 Å². The van der Waals surface area contributed by atoms with Gasteiger partial charge in [-0.2, -0.15) is 0 Å². The number of benzene rings is 1. The zero-order valence-electron chi connectivity index (χ0n) is 14.3. The van der Waals surface area contributed by atoms with Gasteiger partial charge in [0.25, 0.3) is 5.79 Å². The normalized spacial score (nSPS) is 18.2. The molecule has 26 heavy (non-hydrogen) atoms. The van der Waals surface area contributed by atoms with Gasteiger partial charge in [-0.25, -0.2) is 14.6 Å². The maximum absolute atomic E-state index is 12.0. The number of esters is 2. The van der Waals surface area contributed by atoms with E-state index in [4.69, 9.17) is 9.47 Å². The molecular weight excluding hydrogens is 354 g/mol. The maximum Gasteiger partial charge on any atom is 0.350 e. The number of carbonyl (C=O) groups is 2. The van der Waals surface area contributed by atoms with Crippen molar-refractivity contribution in [1.82, 2.24) is 9.55 Å². The quantitative estimate of drug-likeness (QED) is 0.505. The summed E-state index contributed by atoms with van der Waals surface area (Å²) in [6.07, 6.45) is 3.34. The number of rotatable bonds is 3. The van der Waals surface area contributed by atoms with Gasteiger partial charge in [-0.3, -0.25) is 0 Å². The average molecular weight is 371 g/mol. The van der Waals surface area contributed by atoms with E-state index in [0.29, 0.717) is 0 Å². The number of thioether (sulfide) groups is 1. The van der Waals surface area contributed by atoms with Gasteiger partial charge >= 0.3 is 11.9 Å². The van der Waals surface area contributed by atoms with E-state index in [2.05, 4.69) is 14.9 Å². The first kappa shape index (κ1) is 16.7. The minimum absolute atomic E-state index is 0.174. The second-order valence-electron chi connectivity index (χ2n) is 6.41. The molecule has 1 saturated heterocycles. The fraction of sp³-hybridized carbons (Fsp3) is 0.278. The largest absolute Gasteiger partial charge is 0.419 e. The van der Waals surface area contributed by atoms with Crippen LogP contribution in [0.3, 0.4) is 0 Å². The molecule has 0 atom stereocenters. The lowest BCUT2D eigenvalue weighted by molar-refractivity contribution is -0.222. The summed E-state index contributed by atoms with van der Waals surface area (Å²) in [6.45, 7) is 3.99. The van der Waals surface area contributed by atoms with Crippen molar-refractivity contribution in [3.8, 4) is 11.3 Å². The summed E-state index contributed by atoms with van der Waals surface area (Å²) < 4.78 is 12.3. The minimum atomic E-state index is -1.25. The SMILES string of the molecule is CC1(C)OC(=O)C(=CNc2cccc(-c3cn4c(n3)SCC4)c2)C(=O)O1. The molecule has 0 bridgehead atoms. The molecule has 2 aromatic rings. The maximum atomic E-state index is 12.0. The second-order valence-corrected chi connectivity index (χ2v) is 7.47. The van der Waals surface area contributed by atoms with Crippen LogP contribution < -0.4 is 5.32 Å². The van der Waals surface area contributed by atoms with Crippen molar-refractivity contribution < 1.29 is 19.1 Å². The monoisotopic (exact) mass is 371 g/mol. The predicted octanol–water partition coefficient (Wildman–Crippen LogP) is 2.79. The van der Waals surface area contributed by atoms with Crippen LogP contribution in [-0.4, -0.2) is 33.0 Å². The lowest BCUT2D eigenvalue weighted by Gasteiger charge is -2.29. The Kier molecular flexibility index (Phi) is 3.99.